The van der Waals surface area contributed by atoms with Crippen molar-refractivity contribution in [3.05, 3.63) is 24.5 Å². The molecule has 2 aliphatic rings. The van der Waals surface area contributed by atoms with Crippen LogP contribution in [-0.2, 0) is 7.05 Å². The summed E-state index contributed by atoms with van der Waals surface area (Å²) in [6, 6.07) is 4.80. The van der Waals surface area contributed by atoms with Crippen LogP contribution in [-0.4, -0.2) is 67.1 Å². The predicted molar refractivity (Wildman–Crippen MR) is 109 cm³/mol. The molecule has 0 atom stereocenters. The third kappa shape index (κ3) is 3.75. The molecule has 4 rings (SSSR count). The molecule has 0 radical (unpaired) electrons. The highest BCUT2D eigenvalue weighted by molar-refractivity contribution is 5.83. The van der Waals surface area contributed by atoms with Crippen molar-refractivity contribution in [3.63, 3.8) is 0 Å². The van der Waals surface area contributed by atoms with E-state index < -0.39 is 0 Å². The lowest BCUT2D eigenvalue weighted by Crippen LogP contribution is -2.52. The molecule has 1 aromatic carbocycles. The van der Waals surface area contributed by atoms with E-state index in [0.717, 1.165) is 43.1 Å². The van der Waals surface area contributed by atoms with Crippen molar-refractivity contribution in [1.29, 1.82) is 0 Å². The zero-order valence-corrected chi connectivity index (χ0v) is 16.3. The molecule has 0 bridgehead atoms. The topological polar surface area (TPSA) is 71.6 Å². The van der Waals surface area contributed by atoms with Gasteiger partial charge < -0.3 is 20.7 Å². The van der Waals surface area contributed by atoms with Crippen LogP contribution >= 0.6 is 0 Å². The normalized spacial score (nSPS) is 19.4. The summed E-state index contributed by atoms with van der Waals surface area (Å²) in [6.45, 7) is 6.66. The van der Waals surface area contributed by atoms with E-state index in [0.29, 0.717) is 11.7 Å². The molecule has 7 nitrogen and oxygen atoms in total. The van der Waals surface area contributed by atoms with E-state index in [1.54, 1.807) is 7.11 Å². The summed E-state index contributed by atoms with van der Waals surface area (Å²) >= 11 is 0. The minimum absolute atomic E-state index is 0.663. The Balaban J connectivity index is 1.57. The molecule has 2 aliphatic heterocycles. The van der Waals surface area contributed by atoms with Crippen molar-refractivity contribution in [3.8, 4) is 16.9 Å². The number of hydrogen-bond donors (Lipinski definition) is 2. The molecule has 2 saturated heterocycles. The SMILES string of the molecule is COc1cc(N2CCC(N3CCNCC3)CC2)c(-c2cnn(C)c2)cc1N. The molecule has 146 valence electrons. The molecule has 2 fully saturated rings. The van der Waals surface area contributed by atoms with E-state index in [4.69, 9.17) is 10.5 Å². The Bertz CT molecular complexity index is 775. The number of benzene rings is 1. The number of nitrogens with zero attached hydrogens (tertiary/aromatic N) is 4. The summed E-state index contributed by atoms with van der Waals surface area (Å²) in [5, 5.41) is 7.79. The summed E-state index contributed by atoms with van der Waals surface area (Å²) in [7, 11) is 3.62. The van der Waals surface area contributed by atoms with Crippen molar-refractivity contribution in [2.45, 2.75) is 18.9 Å². The second-order valence-corrected chi connectivity index (χ2v) is 7.52. The van der Waals surface area contributed by atoms with E-state index in [1.807, 2.05) is 30.2 Å². The Morgan fingerprint density at radius 1 is 1.15 bits per heavy atom. The van der Waals surface area contributed by atoms with Crippen molar-refractivity contribution in [2.24, 2.45) is 7.05 Å². The lowest BCUT2D eigenvalue weighted by Gasteiger charge is -2.41. The van der Waals surface area contributed by atoms with Crippen molar-refractivity contribution in [2.75, 3.05) is 57.0 Å². The van der Waals surface area contributed by atoms with Gasteiger partial charge in [-0.1, -0.05) is 0 Å². The number of piperidine rings is 1. The quantitative estimate of drug-likeness (QED) is 0.796. The average molecular weight is 371 g/mol. The number of nitrogens with two attached hydrogens (primary N) is 1. The molecule has 1 aromatic heterocycles. The van der Waals surface area contributed by atoms with Crippen LogP contribution in [0.15, 0.2) is 24.5 Å². The van der Waals surface area contributed by atoms with Gasteiger partial charge in [0, 0.05) is 81.4 Å². The zero-order valence-electron chi connectivity index (χ0n) is 16.3. The van der Waals surface area contributed by atoms with Crippen LogP contribution in [0.3, 0.4) is 0 Å². The van der Waals surface area contributed by atoms with E-state index in [-0.39, 0.29) is 0 Å². The number of aromatic nitrogens is 2. The molecule has 27 heavy (non-hydrogen) atoms. The van der Waals surface area contributed by atoms with Gasteiger partial charge in [-0.15, -0.1) is 0 Å². The standard InChI is InChI=1S/C20H30N6O/c1-24-14-15(13-23-24)17-11-18(21)20(27-2)12-19(17)26-7-3-16(4-8-26)25-9-5-22-6-10-25/h11-14,16,22H,3-10,21H2,1-2H3. The zero-order chi connectivity index (χ0) is 18.8. The van der Waals surface area contributed by atoms with E-state index in [9.17, 15) is 0 Å². The Morgan fingerprint density at radius 3 is 2.52 bits per heavy atom. The minimum atomic E-state index is 0.663. The van der Waals surface area contributed by atoms with Crippen LogP contribution in [0.4, 0.5) is 11.4 Å². The highest BCUT2D eigenvalue weighted by Crippen LogP contribution is 2.39. The van der Waals surface area contributed by atoms with E-state index in [1.165, 1.54) is 31.6 Å². The van der Waals surface area contributed by atoms with Crippen LogP contribution < -0.4 is 20.7 Å². The van der Waals surface area contributed by atoms with E-state index in [2.05, 4.69) is 26.3 Å². The van der Waals surface area contributed by atoms with Gasteiger partial charge in [-0.2, -0.15) is 5.10 Å². The predicted octanol–water partition coefficient (Wildman–Crippen LogP) is 1.55. The average Bonchev–Trinajstić information content (AvgIpc) is 3.15. The van der Waals surface area contributed by atoms with Gasteiger partial charge >= 0.3 is 0 Å². The molecule has 7 heteroatoms. The van der Waals surface area contributed by atoms with Crippen molar-refractivity contribution in [1.82, 2.24) is 20.0 Å². The molecule has 3 N–H and O–H groups in total. The Kier molecular flexibility index (Phi) is 5.22. The highest BCUT2D eigenvalue weighted by atomic mass is 16.5. The number of piperazine rings is 1. The highest BCUT2D eigenvalue weighted by Gasteiger charge is 2.27. The largest absolute Gasteiger partial charge is 0.495 e. The van der Waals surface area contributed by atoms with Crippen LogP contribution in [0.25, 0.3) is 11.1 Å². The Morgan fingerprint density at radius 2 is 1.89 bits per heavy atom. The summed E-state index contributed by atoms with van der Waals surface area (Å²) in [5.41, 5.74) is 10.3. The van der Waals surface area contributed by atoms with Crippen molar-refractivity contribution < 1.29 is 4.74 Å². The number of ether oxygens (including phenoxy) is 1. The smallest absolute Gasteiger partial charge is 0.143 e. The first kappa shape index (κ1) is 18.1. The third-order valence-corrected chi connectivity index (χ3v) is 5.84. The van der Waals surface area contributed by atoms with Crippen LogP contribution in [0.1, 0.15) is 12.8 Å². The molecule has 0 unspecified atom stereocenters. The van der Waals surface area contributed by atoms with E-state index >= 15 is 0 Å². The van der Waals surface area contributed by atoms with Gasteiger partial charge in [0.2, 0.25) is 0 Å². The molecular weight excluding hydrogens is 340 g/mol. The molecule has 0 amide bonds. The lowest BCUT2D eigenvalue weighted by atomic mass is 9.99. The summed E-state index contributed by atoms with van der Waals surface area (Å²) in [5.74, 6) is 0.738. The van der Waals surface area contributed by atoms with Gasteiger partial charge in [-0.05, 0) is 18.9 Å². The second-order valence-electron chi connectivity index (χ2n) is 7.52. The number of anilines is 2. The first-order valence-electron chi connectivity index (χ1n) is 9.82. The lowest BCUT2D eigenvalue weighted by molar-refractivity contribution is 0.150. The third-order valence-electron chi connectivity index (χ3n) is 5.84. The summed E-state index contributed by atoms with van der Waals surface area (Å²) < 4.78 is 7.33. The van der Waals surface area contributed by atoms with Gasteiger partial charge in [-0.3, -0.25) is 9.58 Å². The van der Waals surface area contributed by atoms with Crippen LogP contribution in [0.5, 0.6) is 5.75 Å². The molecule has 0 saturated carbocycles. The van der Waals surface area contributed by atoms with Gasteiger partial charge in [0.05, 0.1) is 19.0 Å². The first-order chi connectivity index (χ1) is 13.2. The molecule has 3 heterocycles. The van der Waals surface area contributed by atoms with Crippen LogP contribution in [0.2, 0.25) is 0 Å². The maximum absolute atomic E-state index is 6.21. The Labute approximate surface area is 161 Å². The maximum Gasteiger partial charge on any atom is 0.143 e. The molecular formula is C20H30N6O. The number of aryl methyl sites for hydroxylation is 1. The minimum Gasteiger partial charge on any atom is -0.495 e. The fourth-order valence-corrected chi connectivity index (χ4v) is 4.33. The van der Waals surface area contributed by atoms with Crippen molar-refractivity contribution >= 4 is 11.4 Å². The Hall–Kier alpha value is -2.25. The first-order valence-corrected chi connectivity index (χ1v) is 9.82. The maximum atomic E-state index is 6.21. The molecule has 2 aromatic rings. The number of nitrogens with one attached hydrogen (secondary N) is 1. The number of rotatable bonds is 4. The van der Waals surface area contributed by atoms with Gasteiger partial charge in [-0.25, -0.2) is 0 Å². The van der Waals surface area contributed by atoms with Gasteiger partial charge in [0.15, 0.2) is 0 Å². The number of methoxy groups -OCH3 is 1. The fraction of sp³-hybridized carbons (Fsp3) is 0.550. The van der Waals surface area contributed by atoms with Crippen LogP contribution in [0, 0.1) is 0 Å². The number of nitrogen functional groups attached to an aromatic ring is 1. The van der Waals surface area contributed by atoms with Gasteiger partial charge in [0.1, 0.15) is 5.75 Å². The van der Waals surface area contributed by atoms with Gasteiger partial charge in [0.25, 0.3) is 0 Å². The molecule has 0 aliphatic carbocycles. The summed E-state index contributed by atoms with van der Waals surface area (Å²) in [6.07, 6.45) is 6.33. The second kappa shape index (κ2) is 7.78. The fourth-order valence-electron chi connectivity index (χ4n) is 4.33. The summed E-state index contributed by atoms with van der Waals surface area (Å²) in [4.78, 5) is 5.13. The molecule has 0 spiro atoms. The number of hydrogen-bond acceptors (Lipinski definition) is 6. The monoisotopic (exact) mass is 370 g/mol.